The maximum atomic E-state index is 5.52. The minimum absolute atomic E-state index is 0.515. The molecule has 1 aliphatic heterocycles. The number of pyridine rings is 1. The summed E-state index contributed by atoms with van der Waals surface area (Å²) < 4.78 is 0. The molecule has 3 nitrogen and oxygen atoms in total. The summed E-state index contributed by atoms with van der Waals surface area (Å²) in [7, 11) is 0. The molecule has 0 bridgehead atoms. The van der Waals surface area contributed by atoms with Crippen molar-refractivity contribution in [1.29, 1.82) is 0 Å². The Kier molecular flexibility index (Phi) is 1.63. The zero-order chi connectivity index (χ0) is 8.39. The van der Waals surface area contributed by atoms with E-state index in [4.69, 9.17) is 5.73 Å². The van der Waals surface area contributed by atoms with Crippen LogP contribution in [0.3, 0.4) is 0 Å². The van der Waals surface area contributed by atoms with E-state index in [2.05, 4.69) is 16.1 Å². The molecule has 2 N–H and O–H groups in total. The smallest absolute Gasteiger partial charge is 0.161 e. The van der Waals surface area contributed by atoms with Crippen molar-refractivity contribution >= 4 is 11.9 Å². The van der Waals surface area contributed by atoms with E-state index >= 15 is 0 Å². The molecule has 1 aliphatic rings. The van der Waals surface area contributed by atoms with E-state index in [1.54, 1.807) is 12.3 Å². The van der Waals surface area contributed by atoms with Crippen molar-refractivity contribution in [3.05, 3.63) is 35.1 Å². The highest BCUT2D eigenvalue weighted by Crippen LogP contribution is 1.89. The number of hydrogen-bond donors (Lipinski definition) is 1. The van der Waals surface area contributed by atoms with Gasteiger partial charge in [0.25, 0.3) is 0 Å². The minimum Gasteiger partial charge on any atom is -0.384 e. The zero-order valence-corrected chi connectivity index (χ0v) is 6.57. The predicted octanol–water partition coefficient (Wildman–Crippen LogP) is -0.0187. The highest BCUT2D eigenvalue weighted by atomic mass is 14.9. The Labute approximate surface area is 70.0 Å². The topological polar surface area (TPSA) is 51.3 Å². The van der Waals surface area contributed by atoms with Gasteiger partial charge in [-0.25, -0.2) is 9.98 Å². The molecule has 0 fully saturated rings. The molecule has 0 atom stereocenters. The first-order chi connectivity index (χ1) is 5.86. The van der Waals surface area contributed by atoms with Crippen LogP contribution in [-0.2, 0) is 0 Å². The molecule has 0 saturated heterocycles. The largest absolute Gasteiger partial charge is 0.384 e. The second kappa shape index (κ2) is 2.77. The lowest BCUT2D eigenvalue weighted by molar-refractivity contribution is 1.13. The molecule has 1 aromatic rings. The van der Waals surface area contributed by atoms with Gasteiger partial charge in [0.2, 0.25) is 0 Å². The molecule has 0 radical (unpaired) electrons. The molecule has 0 aliphatic carbocycles. The Morgan fingerprint density at radius 1 is 1.33 bits per heavy atom. The third kappa shape index (κ3) is 1.21. The van der Waals surface area contributed by atoms with E-state index < -0.39 is 0 Å². The third-order valence-electron chi connectivity index (χ3n) is 1.70. The van der Waals surface area contributed by atoms with Gasteiger partial charge in [0, 0.05) is 11.4 Å². The number of hydrogen-bond acceptors (Lipinski definition) is 3. The summed E-state index contributed by atoms with van der Waals surface area (Å²) in [6.45, 7) is 0. The molecular weight excluding hydrogens is 150 g/mol. The molecule has 60 valence electrons. The number of nitrogens with zero attached hydrogens (tertiary/aromatic N) is 2. The van der Waals surface area contributed by atoms with Crippen molar-refractivity contribution in [3.63, 3.8) is 0 Å². The summed E-state index contributed by atoms with van der Waals surface area (Å²) in [5.74, 6) is 0.515. The van der Waals surface area contributed by atoms with Crippen LogP contribution in [0.4, 0.5) is 5.82 Å². The summed E-state index contributed by atoms with van der Waals surface area (Å²) in [5, 5.41) is 1.05. The first kappa shape index (κ1) is 7.03. The van der Waals surface area contributed by atoms with Gasteiger partial charge in [0.1, 0.15) is 5.82 Å². The number of allylic oxidation sites excluding steroid dienone is 1. The lowest BCUT2D eigenvalue weighted by Gasteiger charge is -1.89. The molecule has 2 rings (SSSR count). The third-order valence-corrected chi connectivity index (χ3v) is 1.70. The van der Waals surface area contributed by atoms with Crippen LogP contribution >= 0.6 is 0 Å². The fourth-order valence-electron chi connectivity index (χ4n) is 1.12. The van der Waals surface area contributed by atoms with Crippen molar-refractivity contribution in [3.8, 4) is 0 Å². The van der Waals surface area contributed by atoms with Crippen molar-refractivity contribution in [2.45, 2.75) is 6.42 Å². The van der Waals surface area contributed by atoms with Gasteiger partial charge in [-0.3, -0.25) is 0 Å². The molecule has 12 heavy (non-hydrogen) atoms. The Morgan fingerprint density at radius 2 is 2.25 bits per heavy atom. The maximum Gasteiger partial charge on any atom is 0.161 e. The number of anilines is 1. The Hall–Kier alpha value is -1.64. The molecule has 0 saturated carbocycles. The first-order valence-corrected chi connectivity index (χ1v) is 3.82. The second-order valence-electron chi connectivity index (χ2n) is 2.60. The maximum absolute atomic E-state index is 5.52. The minimum atomic E-state index is 0.515. The molecule has 1 aromatic heterocycles. The highest BCUT2D eigenvalue weighted by Gasteiger charge is 1.91. The number of rotatable bonds is 0. The van der Waals surface area contributed by atoms with Gasteiger partial charge in [-0.1, -0.05) is 12.2 Å². The lowest BCUT2D eigenvalue weighted by Crippen LogP contribution is -2.28. The van der Waals surface area contributed by atoms with Gasteiger partial charge in [0.05, 0.1) is 0 Å². The summed E-state index contributed by atoms with van der Waals surface area (Å²) in [6, 6.07) is 3.73. The van der Waals surface area contributed by atoms with E-state index in [1.165, 1.54) is 0 Å². The van der Waals surface area contributed by atoms with Crippen LogP contribution in [0.1, 0.15) is 6.42 Å². The Balaban J connectivity index is 2.79. The van der Waals surface area contributed by atoms with Gasteiger partial charge in [0.15, 0.2) is 5.49 Å². The molecule has 0 unspecified atom stereocenters. The Bertz CT molecular complexity index is 432. The highest BCUT2D eigenvalue weighted by molar-refractivity contribution is 5.32. The van der Waals surface area contributed by atoms with E-state index in [0.717, 1.165) is 11.6 Å². The van der Waals surface area contributed by atoms with Gasteiger partial charge in [-0.05, 0) is 18.6 Å². The molecule has 0 aromatic carbocycles. The summed E-state index contributed by atoms with van der Waals surface area (Å²) in [5.41, 5.74) is 6.24. The monoisotopic (exact) mass is 159 g/mol. The van der Waals surface area contributed by atoms with Crippen LogP contribution in [0.2, 0.25) is 0 Å². The average molecular weight is 159 g/mol. The second-order valence-corrected chi connectivity index (χ2v) is 2.60. The molecule has 3 heteroatoms. The van der Waals surface area contributed by atoms with E-state index in [0.29, 0.717) is 11.3 Å². The predicted molar refractivity (Wildman–Crippen MR) is 47.7 cm³/mol. The van der Waals surface area contributed by atoms with Gasteiger partial charge in [-0.15, -0.1) is 0 Å². The van der Waals surface area contributed by atoms with Crippen LogP contribution in [0.25, 0.3) is 6.08 Å². The number of nitrogens with two attached hydrogens (primary N) is 1. The van der Waals surface area contributed by atoms with E-state index in [1.807, 2.05) is 12.1 Å². The molecular formula is C9H9N3. The fourth-order valence-corrected chi connectivity index (χ4v) is 1.12. The number of nitrogen functional groups attached to an aromatic ring is 1. The average Bonchev–Trinajstić information content (AvgIpc) is 2.28. The fraction of sp³-hybridized carbons (Fsp3) is 0.111. The van der Waals surface area contributed by atoms with Crippen LogP contribution in [-0.4, -0.2) is 4.98 Å². The van der Waals surface area contributed by atoms with E-state index in [-0.39, 0.29) is 0 Å². The van der Waals surface area contributed by atoms with E-state index in [9.17, 15) is 0 Å². The quantitative estimate of drug-likeness (QED) is 0.578. The first-order valence-electron chi connectivity index (χ1n) is 3.82. The van der Waals surface area contributed by atoms with Crippen molar-refractivity contribution in [1.82, 2.24) is 4.98 Å². The van der Waals surface area contributed by atoms with Crippen molar-refractivity contribution < 1.29 is 0 Å². The van der Waals surface area contributed by atoms with Gasteiger partial charge < -0.3 is 5.73 Å². The number of fused-ring (bicyclic) bond motifs is 1. The van der Waals surface area contributed by atoms with Crippen molar-refractivity contribution in [2.24, 2.45) is 4.99 Å². The number of aromatic nitrogens is 1. The Morgan fingerprint density at radius 3 is 3.17 bits per heavy atom. The van der Waals surface area contributed by atoms with Gasteiger partial charge in [-0.2, -0.15) is 0 Å². The summed E-state index contributed by atoms with van der Waals surface area (Å²) in [6.07, 6.45) is 6.73. The summed E-state index contributed by atoms with van der Waals surface area (Å²) >= 11 is 0. The molecule has 0 spiro atoms. The summed E-state index contributed by atoms with van der Waals surface area (Å²) in [4.78, 5) is 8.25. The van der Waals surface area contributed by atoms with Crippen LogP contribution in [0.5, 0.6) is 0 Å². The molecule has 2 heterocycles. The van der Waals surface area contributed by atoms with Gasteiger partial charge >= 0.3 is 0 Å². The SMILES string of the molecule is Nc1ccc2c(n1)=NC=CCC=2. The van der Waals surface area contributed by atoms with Crippen LogP contribution in [0, 0.1) is 0 Å². The standard InChI is InChI=1S/C9H9N3/c10-8-5-4-7-3-1-2-6-11-9(7)12-8/h2-6H,1H2,(H2,10,11,12). The molecule has 0 amide bonds. The van der Waals surface area contributed by atoms with Crippen LogP contribution < -0.4 is 16.4 Å². The van der Waals surface area contributed by atoms with Crippen LogP contribution in [0.15, 0.2) is 29.4 Å². The zero-order valence-electron chi connectivity index (χ0n) is 6.57. The lowest BCUT2D eigenvalue weighted by atomic mass is 10.3. The normalized spacial score (nSPS) is 14.0. The van der Waals surface area contributed by atoms with Crippen molar-refractivity contribution in [2.75, 3.05) is 5.73 Å².